The van der Waals surface area contributed by atoms with Crippen LogP contribution < -0.4 is 0 Å². The summed E-state index contributed by atoms with van der Waals surface area (Å²) in [6.45, 7) is 3.15. The van der Waals surface area contributed by atoms with Crippen LogP contribution in [-0.4, -0.2) is 41.8 Å². The third kappa shape index (κ3) is 3.02. The number of likely N-dealkylation sites (tertiary alicyclic amines) is 1. The maximum atomic E-state index is 12.1. The van der Waals surface area contributed by atoms with Gasteiger partial charge in [-0.2, -0.15) is 11.8 Å². The van der Waals surface area contributed by atoms with Crippen molar-refractivity contribution in [3.63, 3.8) is 0 Å². The number of rotatable bonds is 4. The first-order valence-corrected chi connectivity index (χ1v) is 9.26. The molecule has 2 saturated heterocycles. The maximum Gasteiger partial charge on any atom is 0.222 e. The van der Waals surface area contributed by atoms with Gasteiger partial charge < -0.3 is 9.64 Å². The summed E-state index contributed by atoms with van der Waals surface area (Å²) >= 11 is 3.47. The number of carbonyl (C=O) groups excluding carboxylic acids is 1. The van der Waals surface area contributed by atoms with Gasteiger partial charge in [-0.3, -0.25) is 4.79 Å². The van der Waals surface area contributed by atoms with Gasteiger partial charge in [-0.15, -0.1) is 11.3 Å². The Hall–Kier alpha value is -0.590. The van der Waals surface area contributed by atoms with Crippen molar-refractivity contribution in [3.8, 4) is 0 Å². The third-order valence-corrected chi connectivity index (χ3v) is 5.80. The van der Waals surface area contributed by atoms with Crippen LogP contribution in [0, 0.1) is 5.41 Å². The molecule has 1 spiro atoms. The highest BCUT2D eigenvalue weighted by Gasteiger charge is 2.41. The maximum absolute atomic E-state index is 12.1. The van der Waals surface area contributed by atoms with Gasteiger partial charge in [-0.05, 0) is 19.1 Å². The summed E-state index contributed by atoms with van der Waals surface area (Å²) in [4.78, 5) is 18.7. The van der Waals surface area contributed by atoms with Crippen LogP contribution in [-0.2, 0) is 21.8 Å². The first-order valence-electron chi connectivity index (χ1n) is 6.99. The smallest absolute Gasteiger partial charge is 0.222 e. The number of amides is 1. The number of hydrogen-bond donors (Lipinski definition) is 0. The number of nitrogens with zero attached hydrogens (tertiary/aromatic N) is 2. The number of piperidine rings is 1. The summed E-state index contributed by atoms with van der Waals surface area (Å²) in [7, 11) is 0. The largest absolute Gasteiger partial charge is 0.381 e. The summed E-state index contributed by atoms with van der Waals surface area (Å²) in [5, 5.41) is 3.24. The van der Waals surface area contributed by atoms with Crippen LogP contribution in [0.15, 0.2) is 5.38 Å². The molecule has 4 nitrogen and oxygen atoms in total. The van der Waals surface area contributed by atoms with Gasteiger partial charge in [0, 0.05) is 36.1 Å². The van der Waals surface area contributed by atoms with E-state index in [2.05, 4.69) is 16.6 Å². The molecule has 1 aromatic rings. The SMILES string of the molecule is CSCc1nc(CN2CC3(CCOC3)CCC2=O)cs1. The van der Waals surface area contributed by atoms with E-state index >= 15 is 0 Å². The van der Waals surface area contributed by atoms with E-state index in [1.165, 1.54) is 0 Å². The molecule has 2 aliphatic heterocycles. The number of aromatic nitrogens is 1. The summed E-state index contributed by atoms with van der Waals surface area (Å²) in [5.41, 5.74) is 1.25. The van der Waals surface area contributed by atoms with Gasteiger partial charge in [0.25, 0.3) is 0 Å². The molecule has 0 N–H and O–H groups in total. The summed E-state index contributed by atoms with van der Waals surface area (Å²) in [6.07, 6.45) is 4.81. The van der Waals surface area contributed by atoms with Crippen molar-refractivity contribution in [1.82, 2.24) is 9.88 Å². The zero-order valence-corrected chi connectivity index (χ0v) is 13.4. The van der Waals surface area contributed by atoms with E-state index in [9.17, 15) is 4.79 Å². The first kappa shape index (κ1) is 14.4. The average Bonchev–Trinajstić information content (AvgIpc) is 3.05. The highest BCUT2D eigenvalue weighted by atomic mass is 32.2. The summed E-state index contributed by atoms with van der Waals surface area (Å²) in [6, 6.07) is 0. The Morgan fingerprint density at radius 1 is 1.55 bits per heavy atom. The van der Waals surface area contributed by atoms with Crippen molar-refractivity contribution in [2.75, 3.05) is 26.0 Å². The van der Waals surface area contributed by atoms with Gasteiger partial charge in [0.1, 0.15) is 5.01 Å². The Morgan fingerprint density at radius 2 is 2.45 bits per heavy atom. The fourth-order valence-electron chi connectivity index (χ4n) is 3.02. The van der Waals surface area contributed by atoms with Crippen LogP contribution in [0.3, 0.4) is 0 Å². The Bertz CT molecular complexity index is 483. The van der Waals surface area contributed by atoms with Gasteiger partial charge in [-0.25, -0.2) is 4.98 Å². The van der Waals surface area contributed by atoms with Crippen molar-refractivity contribution < 1.29 is 9.53 Å². The fraction of sp³-hybridized carbons (Fsp3) is 0.714. The van der Waals surface area contributed by atoms with E-state index in [0.29, 0.717) is 13.0 Å². The van der Waals surface area contributed by atoms with E-state index in [1.54, 1.807) is 23.1 Å². The second-order valence-electron chi connectivity index (χ2n) is 5.72. The van der Waals surface area contributed by atoms with Gasteiger partial charge in [0.05, 0.1) is 18.8 Å². The molecule has 0 saturated carbocycles. The lowest BCUT2D eigenvalue weighted by Gasteiger charge is -2.38. The van der Waals surface area contributed by atoms with Crippen LogP contribution in [0.2, 0.25) is 0 Å². The van der Waals surface area contributed by atoms with E-state index in [4.69, 9.17) is 4.74 Å². The lowest BCUT2D eigenvalue weighted by Crippen LogP contribution is -2.46. The zero-order chi connectivity index (χ0) is 14.0. The van der Waals surface area contributed by atoms with Crippen molar-refractivity contribution in [1.29, 1.82) is 0 Å². The quantitative estimate of drug-likeness (QED) is 0.857. The van der Waals surface area contributed by atoms with Crippen molar-refractivity contribution >= 4 is 29.0 Å². The predicted molar refractivity (Wildman–Crippen MR) is 81.9 cm³/mol. The zero-order valence-electron chi connectivity index (χ0n) is 11.8. The van der Waals surface area contributed by atoms with Gasteiger partial charge in [0.15, 0.2) is 0 Å². The lowest BCUT2D eigenvalue weighted by atomic mass is 9.79. The van der Waals surface area contributed by atoms with Gasteiger partial charge in [-0.1, -0.05) is 0 Å². The van der Waals surface area contributed by atoms with Gasteiger partial charge >= 0.3 is 0 Å². The molecular formula is C14H20N2O2S2. The van der Waals surface area contributed by atoms with Crippen molar-refractivity contribution in [2.24, 2.45) is 5.41 Å². The molecule has 1 unspecified atom stereocenters. The minimum atomic E-state index is 0.214. The van der Waals surface area contributed by atoms with E-state index in [0.717, 1.165) is 49.1 Å². The minimum absolute atomic E-state index is 0.214. The normalized spacial score (nSPS) is 26.6. The Balaban J connectivity index is 1.66. The third-order valence-electron chi connectivity index (χ3n) is 4.15. The summed E-state index contributed by atoms with van der Waals surface area (Å²) in [5.74, 6) is 1.22. The van der Waals surface area contributed by atoms with Crippen molar-refractivity contribution in [2.45, 2.75) is 31.6 Å². The average molecular weight is 312 g/mol. The Kier molecular flexibility index (Phi) is 4.33. The number of thioether (sulfide) groups is 1. The van der Waals surface area contributed by atoms with Crippen molar-refractivity contribution in [3.05, 3.63) is 16.1 Å². The molecule has 0 radical (unpaired) electrons. The Morgan fingerprint density at radius 3 is 3.20 bits per heavy atom. The van der Waals surface area contributed by atoms with E-state index in [-0.39, 0.29) is 11.3 Å². The molecule has 3 rings (SSSR count). The second kappa shape index (κ2) is 6.03. The van der Waals surface area contributed by atoms with Crippen LogP contribution >= 0.6 is 23.1 Å². The van der Waals surface area contributed by atoms with Crippen LogP contribution in [0.4, 0.5) is 0 Å². The molecular weight excluding hydrogens is 292 g/mol. The number of carbonyl (C=O) groups is 1. The highest BCUT2D eigenvalue weighted by Crippen LogP contribution is 2.38. The molecule has 0 bridgehead atoms. The second-order valence-corrected chi connectivity index (χ2v) is 7.53. The topological polar surface area (TPSA) is 42.4 Å². The number of thiazole rings is 1. The van der Waals surface area contributed by atoms with E-state index < -0.39 is 0 Å². The molecule has 0 aromatic carbocycles. The molecule has 20 heavy (non-hydrogen) atoms. The number of hydrogen-bond acceptors (Lipinski definition) is 5. The Labute approximate surface area is 127 Å². The van der Waals surface area contributed by atoms with Crippen LogP contribution in [0.5, 0.6) is 0 Å². The monoisotopic (exact) mass is 312 g/mol. The lowest BCUT2D eigenvalue weighted by molar-refractivity contribution is -0.138. The standard InChI is InChI=1S/C14H20N2O2S2/c1-19-8-12-15-11(7-20-12)6-16-9-14(3-2-13(16)17)4-5-18-10-14/h7H,2-6,8-10H2,1H3. The molecule has 1 amide bonds. The molecule has 3 heterocycles. The molecule has 1 atom stereocenters. The first-order chi connectivity index (χ1) is 9.71. The van der Waals surface area contributed by atoms with Gasteiger partial charge in [0.2, 0.25) is 5.91 Å². The van der Waals surface area contributed by atoms with Crippen LogP contribution in [0.1, 0.15) is 30.0 Å². The van der Waals surface area contributed by atoms with E-state index in [1.807, 2.05) is 4.90 Å². The molecule has 1 aromatic heterocycles. The summed E-state index contributed by atoms with van der Waals surface area (Å²) < 4.78 is 5.55. The highest BCUT2D eigenvalue weighted by molar-refractivity contribution is 7.97. The molecule has 2 aliphatic rings. The van der Waals surface area contributed by atoms with Crippen LogP contribution in [0.25, 0.3) is 0 Å². The fourth-order valence-corrected chi connectivity index (χ4v) is 4.53. The molecule has 2 fully saturated rings. The molecule has 0 aliphatic carbocycles. The number of ether oxygens (including phenoxy) is 1. The predicted octanol–water partition coefficient (Wildman–Crippen LogP) is 2.54. The molecule has 6 heteroatoms. The minimum Gasteiger partial charge on any atom is -0.381 e. The molecule has 110 valence electrons.